The number of amides is 1. The van der Waals surface area contributed by atoms with Crippen molar-refractivity contribution in [2.75, 3.05) is 11.9 Å². The minimum absolute atomic E-state index is 0.123. The number of benzene rings is 3. The lowest BCUT2D eigenvalue weighted by Gasteiger charge is -2.25. The fourth-order valence-electron chi connectivity index (χ4n) is 2.67. The summed E-state index contributed by atoms with van der Waals surface area (Å²) < 4.78 is 17.2. The number of hydrogen-bond acceptors (Lipinski definition) is 4. The standard InChI is InChI=1S/C21H16ClNO4/c22-14-10-11-17(26-15-6-2-1-3-7-15)16(12-14)23-21(24)20-13-25-18-8-4-5-9-19(18)27-20/h1-12,20H,13H2,(H,23,24)/t20-/m1/s1. The largest absolute Gasteiger partial charge is 0.485 e. The highest BCUT2D eigenvalue weighted by Crippen LogP contribution is 2.34. The molecule has 1 aliphatic heterocycles. The molecule has 1 heterocycles. The summed E-state index contributed by atoms with van der Waals surface area (Å²) in [5.74, 6) is 1.95. The van der Waals surface area contributed by atoms with Crippen LogP contribution >= 0.6 is 11.6 Å². The van der Waals surface area contributed by atoms with Crippen LogP contribution in [0, 0.1) is 0 Å². The lowest BCUT2D eigenvalue weighted by molar-refractivity contribution is -0.125. The van der Waals surface area contributed by atoms with Crippen LogP contribution in [0.4, 0.5) is 5.69 Å². The molecule has 27 heavy (non-hydrogen) atoms. The Morgan fingerprint density at radius 1 is 1.00 bits per heavy atom. The molecule has 0 bridgehead atoms. The summed E-state index contributed by atoms with van der Waals surface area (Å²) in [5.41, 5.74) is 0.457. The van der Waals surface area contributed by atoms with Crippen molar-refractivity contribution in [3.05, 3.63) is 77.8 Å². The van der Waals surface area contributed by atoms with Crippen LogP contribution in [0.15, 0.2) is 72.8 Å². The molecule has 0 radical (unpaired) electrons. The van der Waals surface area contributed by atoms with Gasteiger partial charge in [0.1, 0.15) is 12.4 Å². The monoisotopic (exact) mass is 381 g/mol. The summed E-state index contributed by atoms with van der Waals surface area (Å²) in [4.78, 5) is 12.7. The fourth-order valence-corrected chi connectivity index (χ4v) is 2.84. The molecular weight excluding hydrogens is 366 g/mol. The highest BCUT2D eigenvalue weighted by Gasteiger charge is 2.28. The van der Waals surface area contributed by atoms with E-state index in [1.165, 1.54) is 0 Å². The summed E-state index contributed by atoms with van der Waals surface area (Å²) in [6.45, 7) is 0.123. The fraction of sp³-hybridized carbons (Fsp3) is 0.0952. The predicted molar refractivity (Wildman–Crippen MR) is 103 cm³/mol. The van der Waals surface area contributed by atoms with Crippen LogP contribution in [0.3, 0.4) is 0 Å². The molecule has 1 aliphatic rings. The van der Waals surface area contributed by atoms with E-state index in [1.807, 2.05) is 42.5 Å². The molecule has 4 rings (SSSR count). The molecule has 0 saturated carbocycles. The maximum atomic E-state index is 12.7. The molecule has 5 nitrogen and oxygen atoms in total. The Bertz CT molecular complexity index is 961. The second-order valence-electron chi connectivity index (χ2n) is 5.91. The molecule has 6 heteroatoms. The van der Waals surface area contributed by atoms with Crippen molar-refractivity contribution in [2.24, 2.45) is 0 Å². The van der Waals surface area contributed by atoms with E-state index in [2.05, 4.69) is 5.32 Å². The predicted octanol–water partition coefficient (Wildman–Crippen LogP) is 4.91. The van der Waals surface area contributed by atoms with Crippen LogP contribution in [0.25, 0.3) is 0 Å². The van der Waals surface area contributed by atoms with E-state index in [1.54, 1.807) is 30.3 Å². The lowest BCUT2D eigenvalue weighted by atomic mass is 10.2. The van der Waals surface area contributed by atoms with Gasteiger partial charge in [-0.05, 0) is 42.5 Å². The lowest BCUT2D eigenvalue weighted by Crippen LogP contribution is -2.40. The third-order valence-electron chi connectivity index (χ3n) is 3.97. The second-order valence-corrected chi connectivity index (χ2v) is 6.35. The molecule has 1 amide bonds. The molecule has 1 N–H and O–H groups in total. The molecule has 3 aromatic rings. The van der Waals surface area contributed by atoms with Gasteiger partial charge in [-0.1, -0.05) is 41.9 Å². The number of carbonyl (C=O) groups is 1. The molecule has 0 spiro atoms. The van der Waals surface area contributed by atoms with Gasteiger partial charge in [-0.3, -0.25) is 4.79 Å². The minimum Gasteiger partial charge on any atom is -0.485 e. The van der Waals surface area contributed by atoms with E-state index in [0.717, 1.165) is 0 Å². The topological polar surface area (TPSA) is 56.8 Å². The molecule has 0 aromatic heterocycles. The van der Waals surface area contributed by atoms with Gasteiger partial charge in [-0.2, -0.15) is 0 Å². The smallest absolute Gasteiger partial charge is 0.269 e. The van der Waals surface area contributed by atoms with E-state index in [-0.39, 0.29) is 12.5 Å². The average molecular weight is 382 g/mol. The zero-order valence-electron chi connectivity index (χ0n) is 14.2. The summed E-state index contributed by atoms with van der Waals surface area (Å²) >= 11 is 6.09. The van der Waals surface area contributed by atoms with Crippen molar-refractivity contribution in [3.63, 3.8) is 0 Å². The van der Waals surface area contributed by atoms with Gasteiger partial charge in [0, 0.05) is 5.02 Å². The minimum atomic E-state index is -0.775. The van der Waals surface area contributed by atoms with Crippen molar-refractivity contribution in [1.82, 2.24) is 0 Å². The quantitative estimate of drug-likeness (QED) is 0.697. The molecule has 0 aliphatic carbocycles. The Hall–Kier alpha value is -3.18. The van der Waals surface area contributed by atoms with Crippen LogP contribution in [-0.4, -0.2) is 18.6 Å². The highest BCUT2D eigenvalue weighted by molar-refractivity contribution is 6.31. The zero-order valence-corrected chi connectivity index (χ0v) is 15.0. The first kappa shape index (κ1) is 17.2. The number of rotatable bonds is 4. The first-order chi connectivity index (χ1) is 13.2. The zero-order chi connectivity index (χ0) is 18.6. The van der Waals surface area contributed by atoms with E-state index in [9.17, 15) is 4.79 Å². The van der Waals surface area contributed by atoms with E-state index >= 15 is 0 Å². The Labute approximate surface area is 161 Å². The van der Waals surface area contributed by atoms with E-state index in [0.29, 0.717) is 33.7 Å². The van der Waals surface area contributed by atoms with Crippen LogP contribution in [0.5, 0.6) is 23.0 Å². The summed E-state index contributed by atoms with van der Waals surface area (Å²) in [6.07, 6.45) is -0.775. The Morgan fingerprint density at radius 3 is 2.56 bits per heavy atom. The van der Waals surface area contributed by atoms with Gasteiger partial charge in [-0.15, -0.1) is 0 Å². The van der Waals surface area contributed by atoms with Crippen molar-refractivity contribution in [2.45, 2.75) is 6.10 Å². The molecule has 136 valence electrons. The van der Waals surface area contributed by atoms with Crippen molar-refractivity contribution >= 4 is 23.2 Å². The van der Waals surface area contributed by atoms with Crippen LogP contribution in [0.2, 0.25) is 5.02 Å². The first-order valence-electron chi connectivity index (χ1n) is 8.41. The van der Waals surface area contributed by atoms with Gasteiger partial charge >= 0.3 is 0 Å². The van der Waals surface area contributed by atoms with Gasteiger partial charge < -0.3 is 19.5 Å². The van der Waals surface area contributed by atoms with Crippen molar-refractivity contribution in [3.8, 4) is 23.0 Å². The first-order valence-corrected chi connectivity index (χ1v) is 8.78. The SMILES string of the molecule is O=C(Nc1cc(Cl)ccc1Oc1ccccc1)[C@H]1COc2ccccc2O1. The van der Waals surface area contributed by atoms with Crippen LogP contribution in [-0.2, 0) is 4.79 Å². The third-order valence-corrected chi connectivity index (χ3v) is 4.21. The molecular formula is C21H16ClNO4. The van der Waals surface area contributed by atoms with Crippen LogP contribution < -0.4 is 19.5 Å². The molecule has 0 fully saturated rings. The van der Waals surface area contributed by atoms with Crippen molar-refractivity contribution in [1.29, 1.82) is 0 Å². The summed E-state index contributed by atoms with van der Waals surface area (Å²) in [7, 11) is 0. The number of ether oxygens (including phenoxy) is 3. The number of halogens is 1. The maximum absolute atomic E-state index is 12.7. The number of fused-ring (bicyclic) bond motifs is 1. The molecule has 0 saturated heterocycles. The number of hydrogen-bond donors (Lipinski definition) is 1. The summed E-state index contributed by atoms with van der Waals surface area (Å²) in [6, 6.07) is 21.6. The molecule has 1 atom stereocenters. The van der Waals surface area contributed by atoms with Gasteiger partial charge in [0.05, 0.1) is 5.69 Å². The summed E-state index contributed by atoms with van der Waals surface area (Å²) in [5, 5.41) is 3.30. The Kier molecular flexibility index (Phi) is 4.85. The maximum Gasteiger partial charge on any atom is 0.269 e. The normalized spacial score (nSPS) is 15.1. The average Bonchev–Trinajstić information content (AvgIpc) is 2.70. The second kappa shape index (κ2) is 7.60. The van der Waals surface area contributed by atoms with Gasteiger partial charge in [-0.25, -0.2) is 0 Å². The van der Waals surface area contributed by atoms with Crippen molar-refractivity contribution < 1.29 is 19.0 Å². The van der Waals surface area contributed by atoms with Gasteiger partial charge in [0.15, 0.2) is 17.2 Å². The highest BCUT2D eigenvalue weighted by atomic mass is 35.5. The number of para-hydroxylation sites is 3. The third kappa shape index (κ3) is 3.99. The number of anilines is 1. The van der Waals surface area contributed by atoms with Gasteiger partial charge in [0.2, 0.25) is 6.10 Å². The number of carbonyl (C=O) groups excluding carboxylic acids is 1. The van der Waals surface area contributed by atoms with Gasteiger partial charge in [0.25, 0.3) is 5.91 Å². The van der Waals surface area contributed by atoms with E-state index in [4.69, 9.17) is 25.8 Å². The van der Waals surface area contributed by atoms with Crippen LogP contribution in [0.1, 0.15) is 0 Å². The molecule has 3 aromatic carbocycles. The molecule has 0 unspecified atom stereocenters. The number of nitrogens with one attached hydrogen (secondary N) is 1. The van der Waals surface area contributed by atoms with E-state index < -0.39 is 6.10 Å². The Morgan fingerprint density at radius 2 is 1.74 bits per heavy atom. The Balaban J connectivity index is 1.52.